The summed E-state index contributed by atoms with van der Waals surface area (Å²) in [6, 6.07) is 8.36. The van der Waals surface area contributed by atoms with Crippen LogP contribution in [0.4, 0.5) is 0 Å². The maximum Gasteiger partial charge on any atom is 0.134 e. The Morgan fingerprint density at radius 3 is 2.94 bits per heavy atom. The Balaban J connectivity index is 1.95. The number of hydrogen-bond donors (Lipinski definition) is 1. The molecule has 0 saturated heterocycles. The second-order valence-electron chi connectivity index (χ2n) is 4.79. The molecule has 1 heterocycles. The van der Waals surface area contributed by atoms with Crippen LogP contribution in [-0.2, 0) is 6.42 Å². The Morgan fingerprint density at radius 2 is 2.17 bits per heavy atom. The Kier molecular flexibility index (Phi) is 4.67. The number of rotatable bonds is 6. The standard InChI is InChI=1S/C15H20ClNO/c1-3-8-17-11(2)4-6-14-10-12-9-13(16)5-7-15(12)18-14/h5,7,9-11,17H,3-4,6,8H2,1-2H3. The molecule has 3 heteroatoms. The average Bonchev–Trinajstić information content (AvgIpc) is 2.75. The summed E-state index contributed by atoms with van der Waals surface area (Å²) >= 11 is 5.96. The van der Waals surface area contributed by atoms with Gasteiger partial charge in [-0.3, -0.25) is 0 Å². The largest absolute Gasteiger partial charge is 0.461 e. The van der Waals surface area contributed by atoms with Crippen LogP contribution in [0.15, 0.2) is 28.7 Å². The van der Waals surface area contributed by atoms with Crippen LogP contribution in [-0.4, -0.2) is 12.6 Å². The molecule has 0 amide bonds. The Labute approximate surface area is 113 Å². The van der Waals surface area contributed by atoms with E-state index in [4.69, 9.17) is 16.0 Å². The molecule has 2 nitrogen and oxygen atoms in total. The quantitative estimate of drug-likeness (QED) is 0.837. The van der Waals surface area contributed by atoms with Gasteiger partial charge in [0, 0.05) is 22.9 Å². The van der Waals surface area contributed by atoms with Crippen molar-refractivity contribution in [1.29, 1.82) is 0 Å². The molecule has 0 bridgehead atoms. The first kappa shape index (κ1) is 13.4. The molecule has 1 aromatic heterocycles. The molecule has 2 rings (SSSR count). The molecular weight excluding hydrogens is 246 g/mol. The first-order valence-electron chi connectivity index (χ1n) is 6.60. The Bertz CT molecular complexity index is 506. The van der Waals surface area contributed by atoms with E-state index in [1.54, 1.807) is 0 Å². The van der Waals surface area contributed by atoms with Crippen molar-refractivity contribution in [3.05, 3.63) is 35.0 Å². The average molecular weight is 266 g/mol. The van der Waals surface area contributed by atoms with E-state index < -0.39 is 0 Å². The van der Waals surface area contributed by atoms with Crippen LogP contribution in [0.2, 0.25) is 5.02 Å². The SMILES string of the molecule is CCCNC(C)CCc1cc2cc(Cl)ccc2o1. The van der Waals surface area contributed by atoms with Gasteiger partial charge in [-0.1, -0.05) is 18.5 Å². The maximum absolute atomic E-state index is 5.96. The van der Waals surface area contributed by atoms with Crippen LogP contribution in [0.1, 0.15) is 32.4 Å². The minimum Gasteiger partial charge on any atom is -0.461 e. The predicted molar refractivity (Wildman–Crippen MR) is 77.3 cm³/mol. The van der Waals surface area contributed by atoms with E-state index in [0.717, 1.165) is 41.1 Å². The first-order valence-corrected chi connectivity index (χ1v) is 6.98. The van der Waals surface area contributed by atoms with E-state index in [0.29, 0.717) is 6.04 Å². The molecule has 0 aliphatic heterocycles. The smallest absolute Gasteiger partial charge is 0.134 e. The highest BCUT2D eigenvalue weighted by Crippen LogP contribution is 2.23. The molecule has 0 spiro atoms. The highest BCUT2D eigenvalue weighted by atomic mass is 35.5. The van der Waals surface area contributed by atoms with E-state index >= 15 is 0 Å². The molecule has 98 valence electrons. The van der Waals surface area contributed by atoms with Crippen LogP contribution in [0, 0.1) is 0 Å². The summed E-state index contributed by atoms with van der Waals surface area (Å²) in [5.74, 6) is 1.04. The van der Waals surface area contributed by atoms with Crippen molar-refractivity contribution in [1.82, 2.24) is 5.32 Å². The molecule has 0 aliphatic carbocycles. The van der Waals surface area contributed by atoms with Gasteiger partial charge < -0.3 is 9.73 Å². The van der Waals surface area contributed by atoms with Crippen molar-refractivity contribution in [2.45, 2.75) is 39.2 Å². The molecule has 0 fully saturated rings. The molecule has 0 aliphatic rings. The first-order chi connectivity index (χ1) is 8.69. The summed E-state index contributed by atoms with van der Waals surface area (Å²) in [6.07, 6.45) is 3.23. The summed E-state index contributed by atoms with van der Waals surface area (Å²) in [5, 5.41) is 5.33. The summed E-state index contributed by atoms with van der Waals surface area (Å²) < 4.78 is 5.79. The molecule has 1 aromatic carbocycles. The van der Waals surface area contributed by atoms with Gasteiger partial charge in [-0.05, 0) is 50.6 Å². The molecular formula is C15H20ClNO. The van der Waals surface area contributed by atoms with Gasteiger partial charge in [-0.15, -0.1) is 0 Å². The highest BCUT2D eigenvalue weighted by molar-refractivity contribution is 6.31. The lowest BCUT2D eigenvalue weighted by atomic mass is 10.1. The highest BCUT2D eigenvalue weighted by Gasteiger charge is 2.06. The van der Waals surface area contributed by atoms with Gasteiger partial charge in [-0.25, -0.2) is 0 Å². The van der Waals surface area contributed by atoms with Crippen molar-refractivity contribution in [3.63, 3.8) is 0 Å². The molecule has 2 aromatic rings. The van der Waals surface area contributed by atoms with Crippen molar-refractivity contribution >= 4 is 22.6 Å². The van der Waals surface area contributed by atoms with Crippen molar-refractivity contribution < 1.29 is 4.42 Å². The summed E-state index contributed by atoms with van der Waals surface area (Å²) in [4.78, 5) is 0. The van der Waals surface area contributed by atoms with Crippen molar-refractivity contribution in [2.75, 3.05) is 6.54 Å². The van der Waals surface area contributed by atoms with E-state index in [1.807, 2.05) is 18.2 Å². The number of halogens is 1. The second-order valence-corrected chi connectivity index (χ2v) is 5.23. The fourth-order valence-electron chi connectivity index (χ4n) is 2.04. The van der Waals surface area contributed by atoms with E-state index in [-0.39, 0.29) is 0 Å². The van der Waals surface area contributed by atoms with E-state index in [9.17, 15) is 0 Å². The summed E-state index contributed by atoms with van der Waals surface area (Å²) in [5.41, 5.74) is 0.920. The summed E-state index contributed by atoms with van der Waals surface area (Å²) in [6.45, 7) is 5.48. The van der Waals surface area contributed by atoms with Gasteiger partial charge in [0.2, 0.25) is 0 Å². The van der Waals surface area contributed by atoms with Crippen LogP contribution in [0.25, 0.3) is 11.0 Å². The number of nitrogens with one attached hydrogen (secondary N) is 1. The van der Waals surface area contributed by atoms with Crippen LogP contribution in [0.3, 0.4) is 0 Å². The molecule has 1 unspecified atom stereocenters. The fourth-order valence-corrected chi connectivity index (χ4v) is 2.22. The maximum atomic E-state index is 5.96. The van der Waals surface area contributed by atoms with E-state index in [2.05, 4.69) is 25.2 Å². The predicted octanol–water partition coefficient (Wildman–Crippen LogP) is 4.41. The van der Waals surface area contributed by atoms with Crippen molar-refractivity contribution in [3.8, 4) is 0 Å². The molecule has 1 atom stereocenters. The van der Waals surface area contributed by atoms with Gasteiger partial charge in [-0.2, -0.15) is 0 Å². The minimum atomic E-state index is 0.529. The normalized spacial score (nSPS) is 13.1. The number of hydrogen-bond acceptors (Lipinski definition) is 2. The van der Waals surface area contributed by atoms with E-state index in [1.165, 1.54) is 6.42 Å². The zero-order chi connectivity index (χ0) is 13.0. The lowest BCUT2D eigenvalue weighted by Crippen LogP contribution is -2.26. The van der Waals surface area contributed by atoms with Gasteiger partial charge in [0.15, 0.2) is 0 Å². The molecule has 1 N–H and O–H groups in total. The van der Waals surface area contributed by atoms with Gasteiger partial charge in [0.05, 0.1) is 0 Å². The third kappa shape index (κ3) is 3.50. The number of benzene rings is 1. The summed E-state index contributed by atoms with van der Waals surface area (Å²) in [7, 11) is 0. The van der Waals surface area contributed by atoms with Gasteiger partial charge in [0.1, 0.15) is 11.3 Å². The van der Waals surface area contributed by atoms with Gasteiger partial charge in [0.25, 0.3) is 0 Å². The monoisotopic (exact) mass is 265 g/mol. The third-order valence-corrected chi connectivity index (χ3v) is 3.33. The van der Waals surface area contributed by atoms with Crippen LogP contribution in [0.5, 0.6) is 0 Å². The molecule has 18 heavy (non-hydrogen) atoms. The number of fused-ring (bicyclic) bond motifs is 1. The molecule has 0 radical (unpaired) electrons. The third-order valence-electron chi connectivity index (χ3n) is 3.10. The minimum absolute atomic E-state index is 0.529. The second kappa shape index (κ2) is 6.26. The topological polar surface area (TPSA) is 25.2 Å². The van der Waals surface area contributed by atoms with Crippen LogP contribution < -0.4 is 5.32 Å². The molecule has 0 saturated carbocycles. The van der Waals surface area contributed by atoms with Gasteiger partial charge >= 0.3 is 0 Å². The lowest BCUT2D eigenvalue weighted by Gasteiger charge is -2.11. The van der Waals surface area contributed by atoms with Crippen molar-refractivity contribution in [2.24, 2.45) is 0 Å². The zero-order valence-corrected chi connectivity index (χ0v) is 11.8. The zero-order valence-electron chi connectivity index (χ0n) is 11.0. The lowest BCUT2D eigenvalue weighted by molar-refractivity contribution is 0.475. The Hall–Kier alpha value is -0.990. The number of aryl methyl sites for hydroxylation is 1. The fraction of sp³-hybridized carbons (Fsp3) is 0.467. The number of furan rings is 1. The Morgan fingerprint density at radius 1 is 1.33 bits per heavy atom. The van der Waals surface area contributed by atoms with Crippen LogP contribution >= 0.6 is 11.6 Å².